The number of phosphoric acid groups is 6. The zero-order chi connectivity index (χ0) is 75.6. The van der Waals surface area contributed by atoms with Crippen LogP contribution in [0.3, 0.4) is 0 Å². The minimum absolute atomic E-state index is 0. The number of nitrogen functional groups attached to an aromatic ring is 4. The van der Waals surface area contributed by atoms with E-state index in [2.05, 4.69) is 71.1 Å². The molecule has 107 heavy (non-hydrogen) atoms. The smallest absolute Gasteiger partial charge is 1.00 e. The molecule has 0 atom stereocenters. The monoisotopic (exact) mass is 1950 g/mol. The van der Waals surface area contributed by atoms with Gasteiger partial charge in [0.2, 0.25) is 22.0 Å². The van der Waals surface area contributed by atoms with Gasteiger partial charge >= 0.3 is 68.3 Å². The van der Waals surface area contributed by atoms with Crippen molar-refractivity contribution in [2.45, 2.75) is 107 Å². The van der Waals surface area contributed by atoms with Crippen LogP contribution < -0.4 is 150 Å². The third-order valence-corrected chi connectivity index (χ3v) is 21.4. The Morgan fingerprint density at radius 2 is 0.486 bits per heavy atom. The molecule has 8 aromatic rings. The minimum atomic E-state index is -5.68. The molecule has 0 aliphatic rings. The Hall–Kier alpha value is -2.10. The van der Waals surface area contributed by atoms with Crippen LogP contribution >= 0.6 is 92.3 Å². The van der Waals surface area contributed by atoms with Gasteiger partial charge in [-0.3, -0.25) is 0 Å². The third kappa shape index (κ3) is 49.3. The molecule has 12 N–H and O–H groups in total. The Labute approximate surface area is 696 Å². The third-order valence-electron chi connectivity index (χ3n) is 12.0. The molecule has 8 rings (SSSR count). The number of nitrogens with zero attached hydrogens (tertiary/aromatic N) is 12. The normalized spacial score (nSPS) is 10.8. The molecule has 0 spiro atoms. The second kappa shape index (κ2) is 55.4. The van der Waals surface area contributed by atoms with Gasteiger partial charge in [-0.25, -0.2) is 39.9 Å². The second-order valence-electron chi connectivity index (χ2n) is 19.6. The molecule has 0 amide bonds. The fraction of sp³-hybridized carbons (Fsp3) is 0.417. The van der Waals surface area contributed by atoms with Gasteiger partial charge in [-0.2, -0.15) is 18.3 Å². The molecule has 604 valence electrons. The number of thiazole rings is 4. The molecule has 0 aliphatic carbocycles. The number of aliphatic hydroxyl groups excluding tert-OH is 4. The molecule has 0 saturated carbocycles. The number of aromatic nitrogens is 12. The Kier molecular flexibility index (Phi) is 61.2. The average Bonchev–Trinajstić information content (AvgIpc) is 1.77. The zero-order valence-corrected chi connectivity index (χ0v) is 72.5. The van der Waals surface area contributed by atoms with Crippen LogP contribution in [0.2, 0.25) is 0 Å². The van der Waals surface area contributed by atoms with Gasteiger partial charge in [-0.05, 0) is 27.7 Å². The van der Waals surface area contributed by atoms with Crippen LogP contribution in [-0.2, 0) is 160 Å². The number of anilines is 4. The summed E-state index contributed by atoms with van der Waals surface area (Å²) >= 11 is 6.60. The molecule has 0 unspecified atom stereocenters. The largest absolute Gasteiger partial charge is 3.00 e. The van der Waals surface area contributed by atoms with Crippen molar-refractivity contribution in [3.63, 3.8) is 0 Å². The number of aryl methyl sites for hydroxylation is 4. The summed E-state index contributed by atoms with van der Waals surface area (Å²) in [5, 5.41) is 35.9. The van der Waals surface area contributed by atoms with Crippen molar-refractivity contribution in [3.05, 3.63) is 135 Å². The van der Waals surface area contributed by atoms with Gasteiger partial charge in [0, 0.05) is 105 Å². The van der Waals surface area contributed by atoms with Crippen LogP contribution in [0.25, 0.3) is 0 Å². The quantitative estimate of drug-likeness (QED) is 0.0177. The molecule has 0 saturated heterocycles. The van der Waals surface area contributed by atoms with E-state index in [0.717, 1.165) is 45.0 Å². The van der Waals surface area contributed by atoms with Crippen LogP contribution in [0.1, 0.15) is 87.8 Å². The first-order valence-corrected chi connectivity index (χ1v) is 39.7. The van der Waals surface area contributed by atoms with Crippen LogP contribution in [0.5, 0.6) is 0 Å². The summed E-state index contributed by atoms with van der Waals surface area (Å²) in [7, 11) is -34.1. The Morgan fingerprint density at radius 1 is 0.336 bits per heavy atom. The predicted molar refractivity (Wildman–Crippen MR) is 330 cm³/mol. The first kappa shape index (κ1) is 118. The molecule has 8 heterocycles. The van der Waals surface area contributed by atoms with Gasteiger partial charge < -0.3 is 192 Å². The molecule has 0 bridgehead atoms. The Bertz CT molecular complexity index is 3690. The Balaban J connectivity index is -0.000000220. The van der Waals surface area contributed by atoms with Gasteiger partial charge in [0.25, 0.3) is 0 Å². The topological polar surface area (TPSA) is 710 Å². The van der Waals surface area contributed by atoms with E-state index in [0.29, 0.717) is 98.4 Å². The van der Waals surface area contributed by atoms with E-state index in [1.54, 1.807) is 70.1 Å². The molecular weight excluding hydrogens is 1880 g/mol. The van der Waals surface area contributed by atoms with Gasteiger partial charge in [0.05, 0.1) is 88.7 Å². The summed E-state index contributed by atoms with van der Waals surface area (Å²) in [6, 6.07) is 0. The van der Waals surface area contributed by atoms with Gasteiger partial charge in [0.15, 0.2) is 49.0 Å². The first-order chi connectivity index (χ1) is 45.6. The van der Waals surface area contributed by atoms with Gasteiger partial charge in [0.1, 0.15) is 46.6 Å². The molecule has 0 aromatic carbocycles. The van der Waals surface area contributed by atoms with E-state index in [1.807, 2.05) is 77.4 Å². The van der Waals surface area contributed by atoms with E-state index in [9.17, 15) is 86.1 Å². The Morgan fingerprint density at radius 3 is 0.598 bits per heavy atom. The van der Waals surface area contributed by atoms with Crippen LogP contribution in [0.15, 0.2) is 46.8 Å². The molecule has 4 radical (unpaired) electrons. The molecule has 8 aromatic heterocycles. The first-order valence-electron chi connectivity index (χ1n) is 27.5. The average molecular weight is 1950 g/mol. The number of hydrogen-bond donors (Lipinski definition) is 8. The van der Waals surface area contributed by atoms with E-state index >= 15 is 0 Å². The maximum Gasteiger partial charge on any atom is 3.00 e. The van der Waals surface area contributed by atoms with Crippen molar-refractivity contribution in [2.24, 2.45) is 0 Å². The van der Waals surface area contributed by atoms with Crippen molar-refractivity contribution in [1.29, 1.82) is 0 Å². The van der Waals surface area contributed by atoms with E-state index < -0.39 is 46.9 Å². The summed E-state index contributed by atoms with van der Waals surface area (Å²) in [6.45, 7) is 18.9. The molecule has 59 heteroatoms. The standard InChI is InChI=1S/4C12H17N4OS.4ClH.4Fe.3H4O7P2/c4*1-8-11(3-4-17)18-7-16(8)6-10-5-14-9(2)15-12(10)13;;;;;;;;;3*1-8(2,3)7-9(4,5)6/h4*5,7,17H,3-4,6H2,1-2H3,(H2,13,14,15);4*1H;;;;;3*(H2,1,2,3)(H2,4,5,6)/q4*+1;;;;;4*+3;;;/p-16. The van der Waals surface area contributed by atoms with Gasteiger partial charge in [-0.1, -0.05) is 45.3 Å². The van der Waals surface area contributed by atoms with E-state index in [-0.39, 0.29) is 144 Å². The van der Waals surface area contributed by atoms with Crippen molar-refractivity contribution >= 4 is 116 Å². The van der Waals surface area contributed by atoms with Gasteiger partial charge in [-0.15, -0.1) is 0 Å². The van der Waals surface area contributed by atoms with Crippen LogP contribution in [0.4, 0.5) is 23.3 Å². The number of hydrogen-bond acceptors (Lipinski definition) is 41. The molecule has 41 nitrogen and oxygen atoms in total. The van der Waals surface area contributed by atoms with Crippen molar-refractivity contribution in [3.8, 4) is 0 Å². The number of halogens is 4. The summed E-state index contributed by atoms with van der Waals surface area (Å²) in [5.41, 5.74) is 40.0. The summed E-state index contributed by atoms with van der Waals surface area (Å²) < 4.78 is 71.9. The number of aliphatic hydroxyl groups is 4. The minimum Gasteiger partial charge on any atom is -1.00 e. The van der Waals surface area contributed by atoms with E-state index in [4.69, 9.17) is 43.4 Å². The van der Waals surface area contributed by atoms with Crippen LogP contribution in [0, 0.1) is 55.4 Å². The van der Waals surface area contributed by atoms with Crippen molar-refractivity contribution < 1.29 is 256 Å². The van der Waals surface area contributed by atoms with Crippen molar-refractivity contribution in [1.82, 2.24) is 39.9 Å². The van der Waals surface area contributed by atoms with Crippen LogP contribution in [-0.4, -0.2) is 86.7 Å². The van der Waals surface area contributed by atoms with E-state index in [1.165, 1.54) is 19.5 Å². The maximum absolute atomic E-state index is 9.32. The molecule has 0 fully saturated rings. The van der Waals surface area contributed by atoms with Crippen molar-refractivity contribution in [2.75, 3.05) is 49.4 Å². The fourth-order valence-corrected chi connectivity index (χ4v) is 14.3. The maximum atomic E-state index is 9.32. The second-order valence-corrected chi connectivity index (χ2v) is 30.7. The predicted octanol–water partition coefficient (Wildman–Crippen LogP) is -19.6. The summed E-state index contributed by atoms with van der Waals surface area (Å²) in [5.74, 6) is 4.87. The fourth-order valence-electron chi connectivity index (χ4n) is 7.43. The molecular formula is C48H68Cl4Fe4N16O25P6S4. The summed E-state index contributed by atoms with van der Waals surface area (Å²) in [6.07, 6.45) is 9.88. The SMILES string of the molecule is Cc1ncc(C[n+]2csc(CCO)c2C)c(N)n1.Cc1ncc(C[n+]2csc(CCO)c2C)c(N)n1.Cc1ncc(C[n+]2csc(CCO)c2C)c(N)n1.Cc1ncc(C[n+]2csc(CCO)c2C)c(N)n1.O=P([O-])([O-])OP(=O)([O-])[O-].O=P([O-])([O-])OP(=O)([O-])[O-].O=P([O-])([O-])OP(=O)([O-])[O-].[Cl-].[Cl-].[Cl-].[Cl-].[Fe+3].[Fe+3].[Fe+3].[Fe+3]. The zero-order valence-electron chi connectivity index (χ0n) is 56.4. The number of rotatable bonds is 22. The molecule has 0 aliphatic heterocycles. The summed E-state index contributed by atoms with van der Waals surface area (Å²) in [4.78, 5) is 150. The number of nitrogens with two attached hydrogens (primary N) is 4.